The smallest absolute Gasteiger partial charge is 0.326 e. The number of carbonyl (C=O) groups excluding carboxylic acids is 1. The highest BCUT2D eigenvalue weighted by molar-refractivity contribution is 6.42. The normalized spacial score (nSPS) is 16.4. The second-order valence-electron chi connectivity index (χ2n) is 14.1. The lowest BCUT2D eigenvalue weighted by molar-refractivity contribution is -0.143. The molecular formula is C45H36Cl2N4O7. The number of fused-ring (bicyclic) bond motifs is 2. The lowest BCUT2D eigenvalue weighted by Gasteiger charge is -2.37. The van der Waals surface area contributed by atoms with Crippen LogP contribution in [0.5, 0.6) is 17.2 Å². The molecule has 1 unspecified atom stereocenters. The highest BCUT2D eigenvalue weighted by atomic mass is 35.5. The number of nitrogens with zero attached hydrogens (tertiary/aromatic N) is 3. The van der Waals surface area contributed by atoms with Gasteiger partial charge in [-0.25, -0.2) is 9.78 Å². The molecule has 2 aliphatic rings. The molecule has 0 saturated heterocycles. The van der Waals surface area contributed by atoms with Gasteiger partial charge in [-0.1, -0.05) is 77.8 Å². The second kappa shape index (κ2) is 17.0. The van der Waals surface area contributed by atoms with E-state index >= 15 is 0 Å². The van der Waals surface area contributed by atoms with Crippen molar-refractivity contribution >= 4 is 35.1 Å². The van der Waals surface area contributed by atoms with Gasteiger partial charge in [0.05, 0.1) is 40.5 Å². The SMILES string of the molecule is N#Cc1ccc(-c2ccc(C[C@H](NC(=O)C3Cc4cc5c(cc4CN3Cc3ncco3)O[C@@H](c3ccc(OCc4ccc(Cl)c(Cl)c4)cc3)CO5)C(=O)O)cc2)cc1. The van der Waals surface area contributed by atoms with Crippen LogP contribution in [0.2, 0.25) is 10.0 Å². The van der Waals surface area contributed by atoms with Crippen molar-refractivity contribution in [1.29, 1.82) is 5.26 Å². The molecule has 0 bridgehead atoms. The third-order valence-corrected chi connectivity index (χ3v) is 11.0. The van der Waals surface area contributed by atoms with Gasteiger partial charge in [-0.3, -0.25) is 9.69 Å². The van der Waals surface area contributed by atoms with Gasteiger partial charge in [-0.05, 0) is 93.9 Å². The number of halogens is 2. The van der Waals surface area contributed by atoms with Crippen LogP contribution in [0, 0.1) is 11.3 Å². The Labute approximate surface area is 344 Å². The molecule has 3 heterocycles. The molecular weight excluding hydrogens is 779 g/mol. The number of rotatable bonds is 12. The van der Waals surface area contributed by atoms with Crippen molar-refractivity contribution < 1.29 is 33.3 Å². The molecule has 3 atom stereocenters. The van der Waals surface area contributed by atoms with Crippen LogP contribution in [-0.2, 0) is 42.1 Å². The minimum atomic E-state index is -1.17. The summed E-state index contributed by atoms with van der Waals surface area (Å²) in [6.07, 6.45) is 3.06. The van der Waals surface area contributed by atoms with Crippen molar-refractivity contribution in [2.24, 2.45) is 0 Å². The number of aliphatic carboxylic acids is 1. The van der Waals surface area contributed by atoms with Crippen molar-refractivity contribution in [3.8, 4) is 34.4 Å². The highest BCUT2D eigenvalue weighted by Gasteiger charge is 2.36. The summed E-state index contributed by atoms with van der Waals surface area (Å²) >= 11 is 12.2. The van der Waals surface area contributed by atoms with Gasteiger partial charge in [0.15, 0.2) is 17.6 Å². The van der Waals surface area contributed by atoms with Crippen LogP contribution in [0.4, 0.5) is 0 Å². The molecule has 13 heteroatoms. The van der Waals surface area contributed by atoms with Gasteiger partial charge in [-0.15, -0.1) is 0 Å². The van der Waals surface area contributed by atoms with Crippen LogP contribution in [0.3, 0.4) is 0 Å². The van der Waals surface area contributed by atoms with E-state index in [-0.39, 0.29) is 25.7 Å². The lowest BCUT2D eigenvalue weighted by Crippen LogP contribution is -2.54. The zero-order valence-electron chi connectivity index (χ0n) is 30.9. The average molecular weight is 816 g/mol. The number of benzene rings is 5. The number of nitriles is 1. The third-order valence-electron chi connectivity index (χ3n) is 10.3. The van der Waals surface area contributed by atoms with Crippen LogP contribution in [0.15, 0.2) is 120 Å². The Morgan fingerprint density at radius 1 is 0.914 bits per heavy atom. The summed E-state index contributed by atoms with van der Waals surface area (Å²) < 4.78 is 24.2. The Kier molecular flexibility index (Phi) is 11.3. The van der Waals surface area contributed by atoms with E-state index < -0.39 is 24.0 Å². The number of carbonyl (C=O) groups is 2. The zero-order valence-corrected chi connectivity index (χ0v) is 32.5. The number of hydrogen-bond acceptors (Lipinski definition) is 9. The van der Waals surface area contributed by atoms with E-state index in [0.29, 0.717) is 58.3 Å². The minimum absolute atomic E-state index is 0.0894. The van der Waals surface area contributed by atoms with Gasteiger partial charge in [-0.2, -0.15) is 5.26 Å². The molecule has 6 aromatic rings. The van der Waals surface area contributed by atoms with Crippen molar-refractivity contribution in [2.45, 2.75) is 50.7 Å². The van der Waals surface area contributed by atoms with Gasteiger partial charge in [0.25, 0.3) is 0 Å². The third kappa shape index (κ3) is 8.80. The molecule has 0 saturated carbocycles. The van der Waals surface area contributed by atoms with Crippen LogP contribution in [0.25, 0.3) is 11.1 Å². The first kappa shape index (κ1) is 38.5. The fourth-order valence-corrected chi connectivity index (χ4v) is 7.47. The number of carboxylic acid groups (broad SMARTS) is 1. The summed E-state index contributed by atoms with van der Waals surface area (Å²) in [4.78, 5) is 32.7. The first-order valence-electron chi connectivity index (χ1n) is 18.6. The van der Waals surface area contributed by atoms with Gasteiger partial charge >= 0.3 is 5.97 Å². The summed E-state index contributed by atoms with van der Waals surface area (Å²) in [5.41, 5.74) is 6.85. The molecule has 0 spiro atoms. The standard InChI is InChI=1S/C45H36Cl2N4O7/c46-36-14-5-29(17-37(36)47)25-56-35-12-10-32(11-13-35)42-26-57-40-20-33-19-39(51(24-43-49-15-16-55-43)23-34(33)21-41(40)58-42)44(52)50-38(45(53)54)18-27-1-6-30(7-2-27)31-8-3-28(22-48)4-9-31/h1-17,20-21,38-39,42H,18-19,23-26H2,(H,50,52)(H,53,54)/t38-,39?,42+/m0/s1. The van der Waals surface area contributed by atoms with Crippen molar-refractivity contribution in [3.63, 3.8) is 0 Å². The number of oxazole rings is 1. The highest BCUT2D eigenvalue weighted by Crippen LogP contribution is 2.41. The summed E-state index contributed by atoms with van der Waals surface area (Å²) in [5, 5.41) is 23.1. The zero-order chi connectivity index (χ0) is 40.2. The van der Waals surface area contributed by atoms with Crippen LogP contribution < -0.4 is 19.5 Å². The van der Waals surface area contributed by atoms with Crippen LogP contribution in [0.1, 0.15) is 45.4 Å². The Hall–Kier alpha value is -6.32. The summed E-state index contributed by atoms with van der Waals surface area (Å²) in [6.45, 7) is 1.21. The maximum Gasteiger partial charge on any atom is 0.326 e. The molecule has 5 aromatic carbocycles. The van der Waals surface area contributed by atoms with Crippen LogP contribution >= 0.6 is 23.2 Å². The molecule has 1 aromatic heterocycles. The number of ether oxygens (including phenoxy) is 3. The summed E-state index contributed by atoms with van der Waals surface area (Å²) in [7, 11) is 0. The molecule has 8 rings (SSSR count). The van der Waals surface area contributed by atoms with Gasteiger partial charge in [0.2, 0.25) is 11.8 Å². The van der Waals surface area contributed by atoms with Gasteiger partial charge in [0, 0.05) is 13.0 Å². The predicted molar refractivity (Wildman–Crippen MR) is 216 cm³/mol. The molecule has 2 aliphatic heterocycles. The van der Waals surface area contributed by atoms with E-state index in [9.17, 15) is 14.7 Å². The Morgan fingerprint density at radius 3 is 2.33 bits per heavy atom. The minimum Gasteiger partial charge on any atom is -0.489 e. The fraction of sp³-hybridized carbons (Fsp3) is 0.200. The molecule has 1 amide bonds. The summed E-state index contributed by atoms with van der Waals surface area (Å²) in [6, 6.07) is 31.9. The van der Waals surface area contributed by atoms with Gasteiger partial charge < -0.3 is 29.1 Å². The number of hydrogen-bond donors (Lipinski definition) is 2. The topological polar surface area (TPSA) is 147 Å². The van der Waals surface area contributed by atoms with E-state index in [4.69, 9.17) is 47.1 Å². The number of amides is 1. The molecule has 0 aliphatic carbocycles. The quantitative estimate of drug-likeness (QED) is 0.124. The Morgan fingerprint density at radius 2 is 1.64 bits per heavy atom. The van der Waals surface area contributed by atoms with E-state index in [0.717, 1.165) is 38.9 Å². The first-order chi connectivity index (χ1) is 28.2. The summed E-state index contributed by atoms with van der Waals surface area (Å²) in [5.74, 6) is 0.725. The maximum atomic E-state index is 14.0. The van der Waals surface area contributed by atoms with Crippen molar-refractivity contribution in [1.82, 2.24) is 15.2 Å². The fourth-order valence-electron chi connectivity index (χ4n) is 7.15. The second-order valence-corrected chi connectivity index (χ2v) is 14.9. The molecule has 2 N–H and O–H groups in total. The van der Waals surface area contributed by atoms with Gasteiger partial charge in [0.1, 0.15) is 31.3 Å². The number of aromatic nitrogens is 1. The van der Waals surface area contributed by atoms with E-state index in [1.165, 1.54) is 6.26 Å². The lowest BCUT2D eigenvalue weighted by atomic mass is 9.92. The molecule has 0 radical (unpaired) electrons. The molecule has 0 fully saturated rings. The van der Waals surface area contributed by atoms with Crippen molar-refractivity contribution in [2.75, 3.05) is 6.61 Å². The maximum absolute atomic E-state index is 14.0. The van der Waals surface area contributed by atoms with E-state index in [1.807, 2.05) is 83.8 Å². The Bertz CT molecular complexity index is 2470. The van der Waals surface area contributed by atoms with E-state index in [1.54, 1.807) is 30.5 Å². The predicted octanol–water partition coefficient (Wildman–Crippen LogP) is 8.35. The van der Waals surface area contributed by atoms with E-state index in [2.05, 4.69) is 16.4 Å². The largest absolute Gasteiger partial charge is 0.489 e. The van der Waals surface area contributed by atoms with Crippen LogP contribution in [-0.4, -0.2) is 45.6 Å². The molecule has 58 heavy (non-hydrogen) atoms. The monoisotopic (exact) mass is 814 g/mol. The Balaban J connectivity index is 0.945. The first-order valence-corrected chi connectivity index (χ1v) is 19.3. The number of nitrogens with one attached hydrogen (secondary N) is 1. The van der Waals surface area contributed by atoms with Crippen molar-refractivity contribution in [3.05, 3.63) is 165 Å². The average Bonchev–Trinajstić information content (AvgIpc) is 3.76. The number of carboxylic acids is 1. The molecule has 11 nitrogen and oxygen atoms in total. The molecule has 292 valence electrons.